The molecule has 1 aliphatic heterocycles. The van der Waals surface area contributed by atoms with E-state index in [0.717, 1.165) is 18.8 Å². The molecule has 2 heterocycles. The van der Waals surface area contributed by atoms with Crippen molar-refractivity contribution in [2.75, 3.05) is 6.54 Å². The maximum atomic E-state index is 11.7. The highest BCUT2D eigenvalue weighted by atomic mass is 32.1. The Hall–Kier alpha value is -0.940. The van der Waals surface area contributed by atoms with Crippen molar-refractivity contribution in [1.82, 2.24) is 15.2 Å². The number of nitrogens with zero attached hydrogens (tertiary/aromatic N) is 2. The summed E-state index contributed by atoms with van der Waals surface area (Å²) >= 11 is 1.61. The summed E-state index contributed by atoms with van der Waals surface area (Å²) in [6.45, 7) is 1.66. The Kier molecular flexibility index (Phi) is 2.65. The summed E-state index contributed by atoms with van der Waals surface area (Å²) in [6, 6.07) is 0.869. The fourth-order valence-electron chi connectivity index (χ4n) is 2.18. The van der Waals surface area contributed by atoms with E-state index in [4.69, 9.17) is 0 Å². The Morgan fingerprint density at radius 3 is 3.12 bits per heavy atom. The minimum Gasteiger partial charge on any atom is -0.338 e. The SMILES string of the molecule is O=C1CC(NCc2cscn2)CN1C1CC1. The van der Waals surface area contributed by atoms with Gasteiger partial charge in [-0.3, -0.25) is 4.79 Å². The van der Waals surface area contributed by atoms with Gasteiger partial charge in [0, 0.05) is 37.0 Å². The molecular weight excluding hydrogens is 222 g/mol. The van der Waals surface area contributed by atoms with Gasteiger partial charge in [-0.1, -0.05) is 0 Å². The second kappa shape index (κ2) is 4.14. The van der Waals surface area contributed by atoms with Gasteiger partial charge in [-0.15, -0.1) is 11.3 Å². The number of amides is 1. The summed E-state index contributed by atoms with van der Waals surface area (Å²) in [5.41, 5.74) is 2.91. The third kappa shape index (κ3) is 2.10. The molecule has 1 aliphatic carbocycles. The quantitative estimate of drug-likeness (QED) is 0.849. The van der Waals surface area contributed by atoms with Crippen LogP contribution in [0, 0.1) is 0 Å². The number of hydrogen-bond donors (Lipinski definition) is 1. The molecule has 0 spiro atoms. The van der Waals surface area contributed by atoms with Gasteiger partial charge in [-0.25, -0.2) is 4.98 Å². The molecule has 1 N–H and O–H groups in total. The van der Waals surface area contributed by atoms with Crippen molar-refractivity contribution in [3.05, 3.63) is 16.6 Å². The van der Waals surface area contributed by atoms with Crippen molar-refractivity contribution >= 4 is 17.2 Å². The number of likely N-dealkylation sites (tertiary alicyclic amines) is 1. The number of nitrogens with one attached hydrogen (secondary N) is 1. The number of carbonyl (C=O) groups excluding carboxylic acids is 1. The monoisotopic (exact) mass is 237 g/mol. The van der Waals surface area contributed by atoms with Gasteiger partial charge >= 0.3 is 0 Å². The number of thiazole rings is 1. The van der Waals surface area contributed by atoms with E-state index >= 15 is 0 Å². The minimum atomic E-state index is 0.315. The van der Waals surface area contributed by atoms with E-state index in [1.165, 1.54) is 12.8 Å². The molecule has 0 bridgehead atoms. The van der Waals surface area contributed by atoms with Gasteiger partial charge in [-0.05, 0) is 12.8 Å². The number of rotatable bonds is 4. The second-order valence-corrected chi connectivity index (χ2v) is 5.26. The van der Waals surface area contributed by atoms with Crippen molar-refractivity contribution in [3.63, 3.8) is 0 Å². The first-order chi connectivity index (χ1) is 7.83. The maximum absolute atomic E-state index is 11.7. The van der Waals surface area contributed by atoms with E-state index in [-0.39, 0.29) is 0 Å². The summed E-state index contributed by atoms with van der Waals surface area (Å²) in [5, 5.41) is 5.45. The molecule has 2 fully saturated rings. The first-order valence-corrected chi connectivity index (χ1v) is 6.67. The predicted molar refractivity (Wildman–Crippen MR) is 62.1 cm³/mol. The molecule has 1 aromatic rings. The molecule has 86 valence electrons. The molecule has 1 amide bonds. The third-order valence-electron chi connectivity index (χ3n) is 3.20. The zero-order valence-electron chi connectivity index (χ0n) is 9.06. The van der Waals surface area contributed by atoms with Gasteiger partial charge in [0.05, 0.1) is 11.2 Å². The lowest BCUT2D eigenvalue weighted by Gasteiger charge is -2.15. The van der Waals surface area contributed by atoms with Gasteiger partial charge in [0.25, 0.3) is 0 Å². The van der Waals surface area contributed by atoms with Gasteiger partial charge in [0.15, 0.2) is 0 Å². The zero-order chi connectivity index (χ0) is 11.0. The van der Waals surface area contributed by atoms with Gasteiger partial charge in [-0.2, -0.15) is 0 Å². The van der Waals surface area contributed by atoms with E-state index in [1.807, 2.05) is 15.8 Å². The molecule has 1 saturated carbocycles. The molecule has 1 aromatic heterocycles. The molecule has 16 heavy (non-hydrogen) atoms. The highest BCUT2D eigenvalue weighted by Crippen LogP contribution is 2.30. The van der Waals surface area contributed by atoms with Crippen molar-refractivity contribution in [3.8, 4) is 0 Å². The fraction of sp³-hybridized carbons (Fsp3) is 0.636. The highest BCUT2D eigenvalue weighted by Gasteiger charge is 2.38. The van der Waals surface area contributed by atoms with E-state index in [9.17, 15) is 4.79 Å². The molecule has 4 nitrogen and oxygen atoms in total. The number of aromatic nitrogens is 1. The lowest BCUT2D eigenvalue weighted by atomic mass is 10.2. The van der Waals surface area contributed by atoms with Crippen LogP contribution in [0.1, 0.15) is 25.0 Å². The van der Waals surface area contributed by atoms with Gasteiger partial charge in [0.1, 0.15) is 0 Å². The van der Waals surface area contributed by atoms with Crippen molar-refractivity contribution < 1.29 is 4.79 Å². The maximum Gasteiger partial charge on any atom is 0.224 e. The lowest BCUT2D eigenvalue weighted by Crippen LogP contribution is -2.33. The Bertz CT molecular complexity index is 375. The summed E-state index contributed by atoms with van der Waals surface area (Å²) in [6.07, 6.45) is 3.05. The second-order valence-electron chi connectivity index (χ2n) is 4.54. The van der Waals surface area contributed by atoms with Crippen molar-refractivity contribution in [2.45, 2.75) is 37.9 Å². The molecule has 0 aromatic carbocycles. The normalized spacial score (nSPS) is 25.4. The van der Waals surface area contributed by atoms with E-state index in [2.05, 4.69) is 10.3 Å². The van der Waals surface area contributed by atoms with Crippen LogP contribution in [0.25, 0.3) is 0 Å². The van der Waals surface area contributed by atoms with Crippen molar-refractivity contribution in [1.29, 1.82) is 0 Å². The molecule has 2 aliphatic rings. The predicted octanol–water partition coefficient (Wildman–Crippen LogP) is 0.996. The first-order valence-electron chi connectivity index (χ1n) is 5.73. The van der Waals surface area contributed by atoms with Crippen LogP contribution in [0.2, 0.25) is 0 Å². The average molecular weight is 237 g/mol. The van der Waals surface area contributed by atoms with Crippen LogP contribution in [-0.2, 0) is 11.3 Å². The van der Waals surface area contributed by atoms with Crippen LogP contribution in [-0.4, -0.2) is 34.4 Å². The Labute approximate surface area is 98.7 Å². The molecular formula is C11H15N3OS. The third-order valence-corrected chi connectivity index (χ3v) is 3.84. The molecule has 0 radical (unpaired) electrons. The Balaban J connectivity index is 1.51. The molecule has 1 atom stereocenters. The van der Waals surface area contributed by atoms with Gasteiger partial charge < -0.3 is 10.2 Å². The fourth-order valence-corrected chi connectivity index (χ4v) is 2.74. The largest absolute Gasteiger partial charge is 0.338 e. The average Bonchev–Trinajstić information content (AvgIpc) is 2.85. The molecule has 1 unspecified atom stereocenters. The highest BCUT2D eigenvalue weighted by molar-refractivity contribution is 7.07. The molecule has 3 rings (SSSR count). The van der Waals surface area contributed by atoms with Crippen LogP contribution < -0.4 is 5.32 Å². The van der Waals surface area contributed by atoms with E-state index < -0.39 is 0 Å². The molecule has 5 heteroatoms. The lowest BCUT2D eigenvalue weighted by molar-refractivity contribution is -0.128. The van der Waals surface area contributed by atoms with Gasteiger partial charge in [0.2, 0.25) is 5.91 Å². The zero-order valence-corrected chi connectivity index (χ0v) is 9.87. The summed E-state index contributed by atoms with van der Waals surface area (Å²) in [7, 11) is 0. The van der Waals surface area contributed by atoms with Crippen LogP contribution in [0.15, 0.2) is 10.9 Å². The summed E-state index contributed by atoms with van der Waals surface area (Å²) < 4.78 is 0. The standard InChI is InChI=1S/C11H15N3OS/c15-11-3-8(5-14(11)10-1-2-10)12-4-9-6-16-7-13-9/h6-8,10,12H,1-5H2. The van der Waals surface area contributed by atoms with Crippen LogP contribution >= 0.6 is 11.3 Å². The Morgan fingerprint density at radius 2 is 2.44 bits per heavy atom. The number of carbonyl (C=O) groups is 1. The van der Waals surface area contributed by atoms with E-state index in [0.29, 0.717) is 24.4 Å². The molecule has 1 saturated heterocycles. The first kappa shape index (κ1) is 10.2. The van der Waals surface area contributed by atoms with Crippen molar-refractivity contribution in [2.24, 2.45) is 0 Å². The Morgan fingerprint density at radius 1 is 1.56 bits per heavy atom. The smallest absolute Gasteiger partial charge is 0.224 e. The minimum absolute atomic E-state index is 0.315. The van der Waals surface area contributed by atoms with Crippen LogP contribution in [0.3, 0.4) is 0 Å². The van der Waals surface area contributed by atoms with Crippen LogP contribution in [0.5, 0.6) is 0 Å². The topological polar surface area (TPSA) is 45.2 Å². The summed E-state index contributed by atoms with van der Waals surface area (Å²) in [4.78, 5) is 18.0. The van der Waals surface area contributed by atoms with Crippen LogP contribution in [0.4, 0.5) is 0 Å². The number of hydrogen-bond acceptors (Lipinski definition) is 4. The summed E-state index contributed by atoms with van der Waals surface area (Å²) in [5.74, 6) is 0.318. The van der Waals surface area contributed by atoms with E-state index in [1.54, 1.807) is 11.3 Å².